The number of furan rings is 1. The number of hydrogen-bond acceptors (Lipinski definition) is 3. The molecule has 1 unspecified atom stereocenters. The van der Waals surface area contributed by atoms with E-state index in [1.807, 2.05) is 66.5 Å². The van der Waals surface area contributed by atoms with E-state index in [4.69, 9.17) is 4.42 Å². The van der Waals surface area contributed by atoms with Crippen LogP contribution in [0.5, 0.6) is 0 Å². The van der Waals surface area contributed by atoms with E-state index in [2.05, 4.69) is 10.4 Å². The summed E-state index contributed by atoms with van der Waals surface area (Å²) >= 11 is 0. The van der Waals surface area contributed by atoms with Crippen LogP contribution in [0.2, 0.25) is 0 Å². The first kappa shape index (κ1) is 11.7. The van der Waals surface area contributed by atoms with E-state index in [0.717, 1.165) is 17.1 Å². The summed E-state index contributed by atoms with van der Waals surface area (Å²) in [5.41, 5.74) is 1.98. The zero-order chi connectivity index (χ0) is 13.1. The molecule has 96 valence electrons. The number of aromatic nitrogens is 2. The van der Waals surface area contributed by atoms with E-state index in [1.165, 1.54) is 0 Å². The maximum absolute atomic E-state index is 5.44. The molecular formula is C15H15N3O. The molecule has 0 saturated carbocycles. The number of rotatable bonds is 4. The molecule has 0 amide bonds. The molecule has 3 aromatic rings. The monoisotopic (exact) mass is 253 g/mol. The Morgan fingerprint density at radius 3 is 2.63 bits per heavy atom. The number of benzene rings is 1. The Bertz CT molecular complexity index is 628. The molecule has 1 N–H and O–H groups in total. The van der Waals surface area contributed by atoms with Crippen LogP contribution in [0.4, 0.5) is 0 Å². The van der Waals surface area contributed by atoms with Crippen LogP contribution in [0.1, 0.15) is 17.5 Å². The molecule has 2 aromatic heterocycles. The minimum atomic E-state index is -0.0278. The molecular weight excluding hydrogens is 238 g/mol. The van der Waals surface area contributed by atoms with Crippen molar-refractivity contribution in [1.82, 2.24) is 15.1 Å². The molecule has 4 heteroatoms. The van der Waals surface area contributed by atoms with E-state index in [9.17, 15) is 0 Å². The first-order valence-electron chi connectivity index (χ1n) is 6.20. The lowest BCUT2D eigenvalue weighted by molar-refractivity contribution is 0.457. The van der Waals surface area contributed by atoms with Crippen LogP contribution in [0.3, 0.4) is 0 Å². The molecule has 0 saturated heterocycles. The number of nitrogens with zero attached hydrogens (tertiary/aromatic N) is 2. The number of para-hydroxylation sites is 1. The Kier molecular flexibility index (Phi) is 3.16. The van der Waals surface area contributed by atoms with Crippen LogP contribution in [0.15, 0.2) is 65.4 Å². The summed E-state index contributed by atoms with van der Waals surface area (Å²) in [6.45, 7) is 0. The molecule has 19 heavy (non-hydrogen) atoms. The van der Waals surface area contributed by atoms with E-state index in [-0.39, 0.29) is 6.04 Å². The van der Waals surface area contributed by atoms with Crippen molar-refractivity contribution in [3.8, 4) is 5.69 Å². The van der Waals surface area contributed by atoms with E-state index >= 15 is 0 Å². The quantitative estimate of drug-likeness (QED) is 0.777. The minimum Gasteiger partial charge on any atom is -0.467 e. The van der Waals surface area contributed by atoms with Gasteiger partial charge in [0.1, 0.15) is 11.8 Å². The van der Waals surface area contributed by atoms with Crippen molar-refractivity contribution in [3.05, 3.63) is 72.4 Å². The van der Waals surface area contributed by atoms with Gasteiger partial charge in [-0.3, -0.25) is 0 Å². The third kappa shape index (κ3) is 2.30. The highest BCUT2D eigenvalue weighted by molar-refractivity contribution is 5.31. The van der Waals surface area contributed by atoms with Crippen molar-refractivity contribution in [3.63, 3.8) is 0 Å². The highest BCUT2D eigenvalue weighted by Gasteiger charge is 2.17. The molecule has 0 spiro atoms. The molecule has 0 aliphatic rings. The second kappa shape index (κ2) is 5.12. The van der Waals surface area contributed by atoms with Gasteiger partial charge in [-0.25, -0.2) is 4.68 Å². The average Bonchev–Trinajstić information content (AvgIpc) is 3.12. The largest absolute Gasteiger partial charge is 0.467 e. The van der Waals surface area contributed by atoms with Crippen LogP contribution in [0, 0.1) is 0 Å². The summed E-state index contributed by atoms with van der Waals surface area (Å²) in [5, 5.41) is 7.82. The van der Waals surface area contributed by atoms with Gasteiger partial charge in [0, 0.05) is 6.20 Å². The van der Waals surface area contributed by atoms with Crippen molar-refractivity contribution in [2.45, 2.75) is 6.04 Å². The van der Waals surface area contributed by atoms with Gasteiger partial charge in [0.2, 0.25) is 0 Å². The van der Waals surface area contributed by atoms with Gasteiger partial charge in [-0.05, 0) is 37.4 Å². The number of nitrogens with one attached hydrogen (secondary N) is 1. The summed E-state index contributed by atoms with van der Waals surface area (Å²) in [6.07, 6.45) is 3.63. The fourth-order valence-corrected chi connectivity index (χ4v) is 2.11. The van der Waals surface area contributed by atoms with Crippen molar-refractivity contribution in [2.75, 3.05) is 7.05 Å². The van der Waals surface area contributed by atoms with Gasteiger partial charge in [0.05, 0.1) is 17.6 Å². The summed E-state index contributed by atoms with van der Waals surface area (Å²) in [6, 6.07) is 15.8. The summed E-state index contributed by atoms with van der Waals surface area (Å²) < 4.78 is 7.31. The summed E-state index contributed by atoms with van der Waals surface area (Å²) in [4.78, 5) is 0. The van der Waals surface area contributed by atoms with Gasteiger partial charge in [0.25, 0.3) is 0 Å². The molecule has 2 heterocycles. The number of hydrogen-bond donors (Lipinski definition) is 1. The van der Waals surface area contributed by atoms with Gasteiger partial charge in [0.15, 0.2) is 0 Å². The maximum Gasteiger partial charge on any atom is 0.126 e. The molecule has 1 aromatic carbocycles. The topological polar surface area (TPSA) is 43.0 Å². The first-order chi connectivity index (χ1) is 9.38. The predicted molar refractivity (Wildman–Crippen MR) is 73.2 cm³/mol. The SMILES string of the molecule is CNC(c1ccn(-c2ccccc2)n1)c1ccco1. The Labute approximate surface area is 111 Å². The van der Waals surface area contributed by atoms with Crippen LogP contribution in [-0.4, -0.2) is 16.8 Å². The van der Waals surface area contributed by atoms with Gasteiger partial charge < -0.3 is 9.73 Å². The van der Waals surface area contributed by atoms with Gasteiger partial charge in [-0.2, -0.15) is 5.10 Å². The highest BCUT2D eigenvalue weighted by Crippen LogP contribution is 2.21. The Morgan fingerprint density at radius 2 is 1.95 bits per heavy atom. The fourth-order valence-electron chi connectivity index (χ4n) is 2.11. The van der Waals surface area contributed by atoms with Crippen LogP contribution in [-0.2, 0) is 0 Å². The molecule has 0 aliphatic carbocycles. The second-order valence-corrected chi connectivity index (χ2v) is 4.26. The lowest BCUT2D eigenvalue weighted by atomic mass is 10.1. The molecule has 0 aliphatic heterocycles. The van der Waals surface area contributed by atoms with Crippen molar-refractivity contribution >= 4 is 0 Å². The maximum atomic E-state index is 5.44. The third-order valence-corrected chi connectivity index (χ3v) is 3.04. The zero-order valence-corrected chi connectivity index (χ0v) is 10.7. The summed E-state index contributed by atoms with van der Waals surface area (Å²) in [7, 11) is 1.90. The van der Waals surface area contributed by atoms with Gasteiger partial charge >= 0.3 is 0 Å². The van der Waals surface area contributed by atoms with E-state index < -0.39 is 0 Å². The lowest BCUT2D eigenvalue weighted by Crippen LogP contribution is -2.17. The summed E-state index contributed by atoms with van der Waals surface area (Å²) in [5.74, 6) is 0.862. The smallest absolute Gasteiger partial charge is 0.126 e. The molecule has 0 radical (unpaired) electrons. The Morgan fingerprint density at radius 1 is 1.11 bits per heavy atom. The Hall–Kier alpha value is -2.33. The highest BCUT2D eigenvalue weighted by atomic mass is 16.3. The van der Waals surface area contributed by atoms with Crippen LogP contribution < -0.4 is 5.32 Å². The van der Waals surface area contributed by atoms with Crippen LogP contribution in [0.25, 0.3) is 5.69 Å². The third-order valence-electron chi connectivity index (χ3n) is 3.04. The van der Waals surface area contributed by atoms with Crippen molar-refractivity contribution in [2.24, 2.45) is 0 Å². The molecule has 1 atom stereocenters. The molecule has 0 bridgehead atoms. The average molecular weight is 253 g/mol. The first-order valence-corrected chi connectivity index (χ1v) is 6.20. The van der Waals surface area contributed by atoms with Crippen LogP contribution >= 0.6 is 0 Å². The van der Waals surface area contributed by atoms with Crippen molar-refractivity contribution < 1.29 is 4.42 Å². The normalized spacial score (nSPS) is 12.5. The minimum absolute atomic E-state index is 0.0278. The zero-order valence-electron chi connectivity index (χ0n) is 10.7. The lowest BCUT2D eigenvalue weighted by Gasteiger charge is -2.10. The van der Waals surface area contributed by atoms with Gasteiger partial charge in [-0.15, -0.1) is 0 Å². The predicted octanol–water partition coefficient (Wildman–Crippen LogP) is 2.77. The molecule has 3 rings (SSSR count). The van der Waals surface area contributed by atoms with E-state index in [0.29, 0.717) is 0 Å². The molecule has 4 nitrogen and oxygen atoms in total. The molecule has 0 fully saturated rings. The van der Waals surface area contributed by atoms with E-state index in [1.54, 1.807) is 6.26 Å². The Balaban J connectivity index is 1.93. The standard InChI is InChI=1S/C15H15N3O/c1-16-15(14-8-5-11-19-14)13-9-10-18(17-13)12-6-3-2-4-7-12/h2-11,15-16H,1H3. The fraction of sp³-hybridized carbons (Fsp3) is 0.133. The van der Waals surface area contributed by atoms with Crippen molar-refractivity contribution in [1.29, 1.82) is 0 Å². The van der Waals surface area contributed by atoms with Gasteiger partial charge in [-0.1, -0.05) is 18.2 Å². The second-order valence-electron chi connectivity index (χ2n) is 4.26.